The topological polar surface area (TPSA) is 30.7 Å². The monoisotopic (exact) mass is 207 g/mol. The van der Waals surface area contributed by atoms with E-state index in [2.05, 4.69) is 28.4 Å². The van der Waals surface area contributed by atoms with Gasteiger partial charge in [-0.3, -0.25) is 4.98 Å². The Bertz CT molecular complexity index is 403. The van der Waals surface area contributed by atoms with Crippen LogP contribution in [0.25, 0.3) is 0 Å². The summed E-state index contributed by atoms with van der Waals surface area (Å²) in [5.74, 6) is 0. The van der Waals surface area contributed by atoms with Crippen LogP contribution >= 0.6 is 11.3 Å². The van der Waals surface area contributed by atoms with Gasteiger partial charge in [-0.05, 0) is 13.3 Å². The molecule has 2 aromatic heterocycles. The van der Waals surface area contributed by atoms with E-state index in [0.29, 0.717) is 0 Å². The second kappa shape index (κ2) is 3.92. The normalized spacial score (nSPS) is 10.7. The predicted octanol–water partition coefficient (Wildman–Crippen LogP) is 2.26. The van der Waals surface area contributed by atoms with Crippen molar-refractivity contribution in [3.63, 3.8) is 0 Å². The Hall–Kier alpha value is -1.16. The van der Waals surface area contributed by atoms with Crippen LogP contribution in [0, 0.1) is 6.92 Å². The highest BCUT2D eigenvalue weighted by molar-refractivity contribution is 7.09. The van der Waals surface area contributed by atoms with Crippen LogP contribution in [0.15, 0.2) is 18.0 Å². The first-order chi connectivity index (χ1) is 6.81. The van der Waals surface area contributed by atoms with Crippen molar-refractivity contribution in [3.8, 4) is 0 Å². The minimum Gasteiger partial charge on any atom is -0.329 e. The fraction of sp³-hybridized carbons (Fsp3) is 0.400. The van der Waals surface area contributed by atoms with Gasteiger partial charge < -0.3 is 4.57 Å². The Kier molecular flexibility index (Phi) is 2.63. The lowest BCUT2D eigenvalue weighted by Gasteiger charge is -2.04. The van der Waals surface area contributed by atoms with Crippen LogP contribution in [0.3, 0.4) is 0 Å². The molecule has 2 aromatic rings. The van der Waals surface area contributed by atoms with E-state index in [4.69, 9.17) is 0 Å². The molecule has 0 radical (unpaired) electrons. The molecular formula is C10H13N3S. The van der Waals surface area contributed by atoms with Crippen LogP contribution in [0.4, 0.5) is 0 Å². The summed E-state index contributed by atoms with van der Waals surface area (Å²) in [7, 11) is 0. The van der Waals surface area contributed by atoms with Crippen LogP contribution in [0.1, 0.15) is 23.2 Å². The molecule has 2 heterocycles. The first kappa shape index (κ1) is 9.40. The first-order valence-electron chi connectivity index (χ1n) is 4.69. The molecule has 0 bridgehead atoms. The second-order valence-electron chi connectivity index (χ2n) is 3.23. The Balaban J connectivity index is 2.25. The molecule has 0 spiro atoms. The van der Waals surface area contributed by atoms with Crippen molar-refractivity contribution in [1.29, 1.82) is 0 Å². The lowest BCUT2D eigenvalue weighted by Crippen LogP contribution is -2.01. The molecule has 74 valence electrons. The number of imidazole rings is 1. The van der Waals surface area contributed by atoms with Gasteiger partial charge in [-0.1, -0.05) is 6.92 Å². The summed E-state index contributed by atoms with van der Waals surface area (Å²) in [6, 6.07) is 0. The third-order valence-corrected chi connectivity index (χ3v) is 3.06. The number of hydrogen-bond acceptors (Lipinski definition) is 3. The molecule has 0 aliphatic carbocycles. The van der Waals surface area contributed by atoms with Gasteiger partial charge in [-0.25, -0.2) is 4.98 Å². The Labute approximate surface area is 87.4 Å². The fourth-order valence-corrected chi connectivity index (χ4v) is 2.18. The standard InChI is InChI=1S/C10H13N3S/c1-3-10-8(2)12-6-13(10)5-9-4-11-7-14-9/h4,6-7H,3,5H2,1-2H3. The van der Waals surface area contributed by atoms with Crippen LogP contribution in [-0.4, -0.2) is 14.5 Å². The van der Waals surface area contributed by atoms with E-state index in [1.54, 1.807) is 11.3 Å². The lowest BCUT2D eigenvalue weighted by molar-refractivity contribution is 0.752. The van der Waals surface area contributed by atoms with Gasteiger partial charge in [-0.15, -0.1) is 11.3 Å². The summed E-state index contributed by atoms with van der Waals surface area (Å²) < 4.78 is 2.20. The molecule has 4 heteroatoms. The number of aryl methyl sites for hydroxylation is 1. The molecule has 2 rings (SSSR count). The van der Waals surface area contributed by atoms with E-state index in [0.717, 1.165) is 18.7 Å². The molecular weight excluding hydrogens is 194 g/mol. The molecule has 0 aliphatic rings. The van der Waals surface area contributed by atoms with Crippen LogP contribution in [-0.2, 0) is 13.0 Å². The summed E-state index contributed by atoms with van der Waals surface area (Å²) in [4.78, 5) is 9.66. The molecule has 0 aliphatic heterocycles. The van der Waals surface area contributed by atoms with Crippen molar-refractivity contribution < 1.29 is 0 Å². The van der Waals surface area contributed by atoms with Crippen molar-refractivity contribution in [3.05, 3.63) is 34.3 Å². The van der Waals surface area contributed by atoms with Crippen molar-refractivity contribution in [2.45, 2.75) is 26.8 Å². The Morgan fingerprint density at radius 1 is 1.50 bits per heavy atom. The summed E-state index contributed by atoms with van der Waals surface area (Å²) in [5.41, 5.74) is 4.32. The summed E-state index contributed by atoms with van der Waals surface area (Å²) in [5, 5.41) is 0. The maximum atomic E-state index is 4.32. The smallest absolute Gasteiger partial charge is 0.0954 e. The number of hydrogen-bond donors (Lipinski definition) is 0. The van der Waals surface area contributed by atoms with E-state index in [-0.39, 0.29) is 0 Å². The highest BCUT2D eigenvalue weighted by Gasteiger charge is 2.05. The maximum absolute atomic E-state index is 4.32. The predicted molar refractivity (Wildman–Crippen MR) is 57.6 cm³/mol. The average Bonchev–Trinajstić information content (AvgIpc) is 2.77. The number of nitrogens with zero attached hydrogens (tertiary/aromatic N) is 3. The Morgan fingerprint density at radius 3 is 3.00 bits per heavy atom. The van der Waals surface area contributed by atoms with Crippen molar-refractivity contribution >= 4 is 11.3 Å². The molecule has 0 unspecified atom stereocenters. The molecule has 0 N–H and O–H groups in total. The van der Waals surface area contributed by atoms with Gasteiger partial charge in [0, 0.05) is 16.8 Å². The fourth-order valence-electron chi connectivity index (χ4n) is 1.59. The molecule has 0 amide bonds. The summed E-state index contributed by atoms with van der Waals surface area (Å²) in [6.07, 6.45) is 4.86. The molecule has 14 heavy (non-hydrogen) atoms. The van der Waals surface area contributed by atoms with Crippen molar-refractivity contribution in [2.75, 3.05) is 0 Å². The third-order valence-electron chi connectivity index (χ3n) is 2.30. The van der Waals surface area contributed by atoms with Crippen molar-refractivity contribution in [2.24, 2.45) is 0 Å². The van der Waals surface area contributed by atoms with Gasteiger partial charge in [0.25, 0.3) is 0 Å². The Morgan fingerprint density at radius 2 is 2.36 bits per heavy atom. The van der Waals surface area contributed by atoms with E-state index in [1.165, 1.54) is 10.6 Å². The zero-order valence-corrected chi connectivity index (χ0v) is 9.21. The van der Waals surface area contributed by atoms with E-state index >= 15 is 0 Å². The minimum absolute atomic E-state index is 0.898. The van der Waals surface area contributed by atoms with E-state index in [9.17, 15) is 0 Å². The molecule has 0 aromatic carbocycles. The van der Waals surface area contributed by atoms with Crippen LogP contribution < -0.4 is 0 Å². The van der Waals surface area contributed by atoms with Gasteiger partial charge >= 0.3 is 0 Å². The van der Waals surface area contributed by atoms with Gasteiger partial charge in [0.15, 0.2) is 0 Å². The molecule has 0 saturated heterocycles. The van der Waals surface area contributed by atoms with Gasteiger partial charge in [0.05, 0.1) is 24.1 Å². The van der Waals surface area contributed by atoms with Crippen LogP contribution in [0.2, 0.25) is 0 Å². The minimum atomic E-state index is 0.898. The van der Waals surface area contributed by atoms with Crippen LogP contribution in [0.5, 0.6) is 0 Å². The zero-order valence-electron chi connectivity index (χ0n) is 8.40. The van der Waals surface area contributed by atoms with Gasteiger partial charge in [-0.2, -0.15) is 0 Å². The van der Waals surface area contributed by atoms with Crippen molar-refractivity contribution in [1.82, 2.24) is 14.5 Å². The number of rotatable bonds is 3. The number of aromatic nitrogens is 3. The first-order valence-corrected chi connectivity index (χ1v) is 5.57. The third kappa shape index (κ3) is 1.70. The summed E-state index contributed by atoms with van der Waals surface area (Å²) in [6.45, 7) is 5.11. The highest BCUT2D eigenvalue weighted by Crippen LogP contribution is 2.12. The molecule has 0 saturated carbocycles. The van der Waals surface area contributed by atoms with Gasteiger partial charge in [0.2, 0.25) is 0 Å². The second-order valence-corrected chi connectivity index (χ2v) is 4.20. The van der Waals surface area contributed by atoms with E-state index in [1.807, 2.05) is 18.0 Å². The largest absolute Gasteiger partial charge is 0.329 e. The maximum Gasteiger partial charge on any atom is 0.0954 e. The summed E-state index contributed by atoms with van der Waals surface area (Å²) >= 11 is 1.69. The quantitative estimate of drug-likeness (QED) is 0.773. The molecule has 0 fully saturated rings. The van der Waals surface area contributed by atoms with E-state index < -0.39 is 0 Å². The molecule has 3 nitrogen and oxygen atoms in total. The highest BCUT2D eigenvalue weighted by atomic mass is 32.1. The number of thiazole rings is 1. The average molecular weight is 207 g/mol. The lowest BCUT2D eigenvalue weighted by atomic mass is 10.3. The molecule has 0 atom stereocenters. The van der Waals surface area contributed by atoms with Gasteiger partial charge in [0.1, 0.15) is 0 Å². The SMILES string of the molecule is CCc1c(C)ncn1Cc1cncs1. The zero-order chi connectivity index (χ0) is 9.97.